The van der Waals surface area contributed by atoms with Gasteiger partial charge >= 0.3 is 0 Å². The number of carbonyl (C=O) groups excluding carboxylic acids is 1. The molecule has 0 aliphatic rings. The lowest BCUT2D eigenvalue weighted by Crippen LogP contribution is -2.13. The molecule has 0 fully saturated rings. The second-order valence-corrected chi connectivity index (χ2v) is 10.7. The van der Waals surface area contributed by atoms with Gasteiger partial charge in [0.15, 0.2) is 5.82 Å². The summed E-state index contributed by atoms with van der Waals surface area (Å²) in [6.07, 6.45) is 1.83. The van der Waals surface area contributed by atoms with E-state index < -0.39 is 0 Å². The number of ether oxygens (including phenoxy) is 1. The molecule has 0 saturated carbocycles. The van der Waals surface area contributed by atoms with E-state index in [0.717, 1.165) is 16.9 Å². The van der Waals surface area contributed by atoms with Gasteiger partial charge in [-0.25, -0.2) is 0 Å². The number of hydrogen-bond donors (Lipinski definition) is 1. The van der Waals surface area contributed by atoms with E-state index in [4.69, 9.17) is 16.3 Å². The van der Waals surface area contributed by atoms with Crippen LogP contribution in [0.4, 0.5) is 5.82 Å². The number of nitrogens with zero attached hydrogens (tertiary/aromatic N) is 2. The Morgan fingerprint density at radius 3 is 2.43 bits per heavy atom. The number of amides is 1. The molecule has 0 saturated heterocycles. The summed E-state index contributed by atoms with van der Waals surface area (Å²) in [5, 5.41) is 8.07. The molecule has 0 atom stereocenters. The molecule has 1 amide bonds. The van der Waals surface area contributed by atoms with Gasteiger partial charge in [-0.15, -0.1) is 0 Å². The zero-order valence-corrected chi connectivity index (χ0v) is 22.2. The van der Waals surface area contributed by atoms with Crippen LogP contribution in [-0.2, 0) is 18.6 Å². The molecule has 0 radical (unpaired) electrons. The second-order valence-electron chi connectivity index (χ2n) is 9.37. The SMILES string of the molecule is CC(C)(C)c1ccc(OCc2cccc(C(=O)Nc3nn(Cc4ccc(Cl)cc4)cc3Br)c2)cc1. The molecule has 0 aliphatic carbocycles. The molecule has 1 heterocycles. The number of halogens is 2. The molecule has 1 N–H and O–H groups in total. The van der Waals surface area contributed by atoms with E-state index in [1.807, 2.05) is 60.8 Å². The highest BCUT2D eigenvalue weighted by Crippen LogP contribution is 2.25. The van der Waals surface area contributed by atoms with E-state index in [9.17, 15) is 4.79 Å². The lowest BCUT2D eigenvalue weighted by Gasteiger charge is -2.19. The summed E-state index contributed by atoms with van der Waals surface area (Å²) in [4.78, 5) is 12.9. The smallest absolute Gasteiger partial charge is 0.256 e. The summed E-state index contributed by atoms with van der Waals surface area (Å²) in [6.45, 7) is 7.48. The first-order valence-electron chi connectivity index (χ1n) is 11.3. The van der Waals surface area contributed by atoms with Gasteiger partial charge in [0.1, 0.15) is 12.4 Å². The number of hydrogen-bond acceptors (Lipinski definition) is 3. The van der Waals surface area contributed by atoms with Gasteiger partial charge in [-0.2, -0.15) is 5.10 Å². The van der Waals surface area contributed by atoms with Crippen molar-refractivity contribution < 1.29 is 9.53 Å². The predicted octanol–water partition coefficient (Wildman–Crippen LogP) is 7.48. The molecule has 4 rings (SSSR count). The summed E-state index contributed by atoms with van der Waals surface area (Å²) in [7, 11) is 0. The van der Waals surface area contributed by atoms with Crippen LogP contribution in [0.15, 0.2) is 83.5 Å². The van der Waals surface area contributed by atoms with Crippen molar-refractivity contribution in [2.45, 2.75) is 39.3 Å². The molecule has 0 aliphatic heterocycles. The summed E-state index contributed by atoms with van der Waals surface area (Å²) in [5.74, 6) is 1.02. The summed E-state index contributed by atoms with van der Waals surface area (Å²) in [5.41, 5.74) is 3.85. The fourth-order valence-corrected chi connectivity index (χ4v) is 4.08. The molecule has 1 aromatic heterocycles. The molecule has 0 unspecified atom stereocenters. The minimum Gasteiger partial charge on any atom is -0.489 e. The van der Waals surface area contributed by atoms with Crippen LogP contribution in [0.3, 0.4) is 0 Å². The van der Waals surface area contributed by atoms with Gasteiger partial charge in [0.05, 0.1) is 11.0 Å². The van der Waals surface area contributed by atoms with Gasteiger partial charge in [0.25, 0.3) is 5.91 Å². The van der Waals surface area contributed by atoms with Crippen molar-refractivity contribution in [2.24, 2.45) is 0 Å². The number of carbonyl (C=O) groups is 1. The van der Waals surface area contributed by atoms with Crippen LogP contribution in [0.2, 0.25) is 5.02 Å². The van der Waals surface area contributed by atoms with Gasteiger partial charge < -0.3 is 10.1 Å². The lowest BCUT2D eigenvalue weighted by atomic mass is 9.87. The van der Waals surface area contributed by atoms with E-state index in [2.05, 4.69) is 59.2 Å². The Labute approximate surface area is 219 Å². The van der Waals surface area contributed by atoms with Gasteiger partial charge in [0, 0.05) is 16.8 Å². The number of benzene rings is 3. The van der Waals surface area contributed by atoms with Gasteiger partial charge in [-0.3, -0.25) is 9.48 Å². The van der Waals surface area contributed by atoms with Crippen molar-refractivity contribution in [1.29, 1.82) is 0 Å². The fraction of sp³-hybridized carbons (Fsp3) is 0.214. The quantitative estimate of drug-likeness (QED) is 0.259. The lowest BCUT2D eigenvalue weighted by molar-refractivity contribution is 0.102. The molecule has 35 heavy (non-hydrogen) atoms. The predicted molar refractivity (Wildman–Crippen MR) is 144 cm³/mol. The average Bonchev–Trinajstić information content (AvgIpc) is 3.17. The van der Waals surface area contributed by atoms with Crippen LogP contribution in [0.5, 0.6) is 5.75 Å². The Balaban J connectivity index is 1.38. The number of rotatable bonds is 7. The van der Waals surface area contributed by atoms with Crippen molar-refractivity contribution in [1.82, 2.24) is 9.78 Å². The molecule has 7 heteroatoms. The molecule has 0 spiro atoms. The Morgan fingerprint density at radius 2 is 1.74 bits per heavy atom. The first-order valence-corrected chi connectivity index (χ1v) is 12.5. The minimum absolute atomic E-state index is 0.0981. The highest BCUT2D eigenvalue weighted by Gasteiger charge is 2.14. The largest absolute Gasteiger partial charge is 0.489 e. The van der Waals surface area contributed by atoms with Crippen molar-refractivity contribution in [3.63, 3.8) is 0 Å². The van der Waals surface area contributed by atoms with Crippen LogP contribution in [0, 0.1) is 0 Å². The summed E-state index contributed by atoms with van der Waals surface area (Å²) >= 11 is 9.44. The summed E-state index contributed by atoms with van der Waals surface area (Å²) < 4.78 is 8.40. The highest BCUT2D eigenvalue weighted by molar-refractivity contribution is 9.10. The first kappa shape index (κ1) is 25.0. The second kappa shape index (κ2) is 10.7. The Kier molecular flexibility index (Phi) is 7.63. The van der Waals surface area contributed by atoms with Crippen molar-refractivity contribution in [3.05, 3.63) is 111 Å². The first-order chi connectivity index (χ1) is 16.7. The van der Waals surface area contributed by atoms with Crippen molar-refractivity contribution in [3.8, 4) is 5.75 Å². The zero-order chi connectivity index (χ0) is 25.0. The van der Waals surface area contributed by atoms with Crippen LogP contribution in [-0.4, -0.2) is 15.7 Å². The topological polar surface area (TPSA) is 56.1 Å². The Bertz CT molecular complexity index is 1310. The Morgan fingerprint density at radius 1 is 1.03 bits per heavy atom. The van der Waals surface area contributed by atoms with E-state index in [0.29, 0.717) is 34.0 Å². The van der Waals surface area contributed by atoms with Crippen LogP contribution >= 0.6 is 27.5 Å². The molecular formula is C28H27BrClN3O2. The molecule has 3 aromatic carbocycles. The molecule has 5 nitrogen and oxygen atoms in total. The number of nitrogens with one attached hydrogen (secondary N) is 1. The van der Waals surface area contributed by atoms with Crippen LogP contribution in [0.1, 0.15) is 47.8 Å². The van der Waals surface area contributed by atoms with Gasteiger partial charge in [-0.05, 0) is 74.4 Å². The maximum atomic E-state index is 12.9. The van der Waals surface area contributed by atoms with E-state index in [1.165, 1.54) is 5.56 Å². The normalized spacial score (nSPS) is 11.3. The van der Waals surface area contributed by atoms with Gasteiger partial charge in [-0.1, -0.05) is 68.8 Å². The Hall–Kier alpha value is -3.09. The molecule has 180 valence electrons. The summed E-state index contributed by atoms with van der Waals surface area (Å²) in [6, 6.07) is 23.1. The van der Waals surface area contributed by atoms with Crippen molar-refractivity contribution >= 4 is 39.3 Å². The van der Waals surface area contributed by atoms with E-state index in [-0.39, 0.29) is 11.3 Å². The maximum Gasteiger partial charge on any atom is 0.256 e. The van der Waals surface area contributed by atoms with E-state index >= 15 is 0 Å². The number of anilines is 1. The third-order valence-corrected chi connectivity index (χ3v) is 6.35. The fourth-order valence-electron chi connectivity index (χ4n) is 3.54. The zero-order valence-electron chi connectivity index (χ0n) is 19.9. The molecular weight excluding hydrogens is 526 g/mol. The standard InChI is InChI=1S/C28H27BrClN3O2/c1-28(2,3)22-9-13-24(14-10-22)35-18-20-5-4-6-21(15-20)27(34)31-26-25(29)17-33(32-26)16-19-7-11-23(30)12-8-19/h4-15,17H,16,18H2,1-3H3,(H,31,32,34). The molecule has 0 bridgehead atoms. The van der Waals surface area contributed by atoms with Crippen LogP contribution in [0.25, 0.3) is 0 Å². The number of aromatic nitrogens is 2. The monoisotopic (exact) mass is 551 g/mol. The average molecular weight is 553 g/mol. The maximum absolute atomic E-state index is 12.9. The van der Waals surface area contributed by atoms with E-state index in [1.54, 1.807) is 10.7 Å². The third-order valence-electron chi connectivity index (χ3n) is 5.52. The highest BCUT2D eigenvalue weighted by atomic mass is 79.9. The molecule has 4 aromatic rings. The van der Waals surface area contributed by atoms with Crippen LogP contribution < -0.4 is 10.1 Å². The van der Waals surface area contributed by atoms with Crippen molar-refractivity contribution in [2.75, 3.05) is 5.32 Å². The van der Waals surface area contributed by atoms with Gasteiger partial charge in [0.2, 0.25) is 0 Å². The minimum atomic E-state index is -0.237. The third kappa shape index (κ3) is 6.74.